The Labute approximate surface area is 130 Å². The number of aromatic nitrogens is 1. The molecule has 102 valence electrons. The number of alkyl halides is 1. The van der Waals surface area contributed by atoms with Crippen LogP contribution in [0.2, 0.25) is 0 Å². The van der Waals surface area contributed by atoms with Crippen LogP contribution in [0.4, 0.5) is 0 Å². The van der Waals surface area contributed by atoms with Crippen LogP contribution in [-0.2, 0) is 6.42 Å². The van der Waals surface area contributed by atoms with Gasteiger partial charge in [-0.15, -0.1) is 11.6 Å². The number of halogens is 2. The Kier molecular flexibility index (Phi) is 3.81. The Hall–Kier alpha value is -1.32. The van der Waals surface area contributed by atoms with E-state index in [4.69, 9.17) is 16.0 Å². The van der Waals surface area contributed by atoms with Crippen molar-refractivity contribution in [2.45, 2.75) is 18.7 Å². The molecule has 0 bridgehead atoms. The van der Waals surface area contributed by atoms with Gasteiger partial charge in [0.2, 0.25) is 0 Å². The molecule has 1 atom stereocenters. The molecule has 0 amide bonds. The van der Waals surface area contributed by atoms with Gasteiger partial charge in [0.15, 0.2) is 11.5 Å². The minimum Gasteiger partial charge on any atom is -0.441 e. The quantitative estimate of drug-likeness (QED) is 0.589. The number of aryl methyl sites for hydroxylation is 1. The molecule has 20 heavy (non-hydrogen) atoms. The van der Waals surface area contributed by atoms with Crippen molar-refractivity contribution in [3.8, 4) is 0 Å². The molecule has 0 saturated heterocycles. The normalized spacial score (nSPS) is 12.8. The van der Waals surface area contributed by atoms with Gasteiger partial charge in [-0.2, -0.15) is 0 Å². The second-order valence-corrected chi connectivity index (χ2v) is 6.14. The summed E-state index contributed by atoms with van der Waals surface area (Å²) in [6.07, 6.45) is 0.575. The molecule has 0 aliphatic heterocycles. The van der Waals surface area contributed by atoms with Crippen molar-refractivity contribution in [1.29, 1.82) is 0 Å². The molecule has 3 aromatic rings. The van der Waals surface area contributed by atoms with E-state index in [1.807, 2.05) is 30.3 Å². The first-order valence-corrected chi connectivity index (χ1v) is 7.61. The van der Waals surface area contributed by atoms with E-state index in [0.29, 0.717) is 12.3 Å². The maximum Gasteiger partial charge on any atom is 0.197 e. The largest absolute Gasteiger partial charge is 0.441 e. The number of hydrogen-bond acceptors (Lipinski definition) is 2. The molecular weight excluding hydrogens is 338 g/mol. The van der Waals surface area contributed by atoms with Crippen molar-refractivity contribution in [3.05, 3.63) is 64.0 Å². The molecule has 2 aromatic carbocycles. The van der Waals surface area contributed by atoms with Crippen LogP contribution in [0.1, 0.15) is 22.4 Å². The van der Waals surface area contributed by atoms with Crippen LogP contribution in [-0.4, -0.2) is 4.98 Å². The second-order valence-electron chi connectivity index (χ2n) is 4.76. The lowest BCUT2D eigenvalue weighted by molar-refractivity contribution is 0.525. The molecule has 0 radical (unpaired) electrons. The molecule has 3 rings (SSSR count). The van der Waals surface area contributed by atoms with Gasteiger partial charge < -0.3 is 4.42 Å². The first-order chi connectivity index (χ1) is 9.63. The summed E-state index contributed by atoms with van der Waals surface area (Å²) in [5.74, 6) is 0.669. The topological polar surface area (TPSA) is 26.0 Å². The van der Waals surface area contributed by atoms with E-state index in [2.05, 4.69) is 40.0 Å². The van der Waals surface area contributed by atoms with Gasteiger partial charge in [0.05, 0.1) is 5.38 Å². The molecule has 1 aromatic heterocycles. The summed E-state index contributed by atoms with van der Waals surface area (Å²) in [6.45, 7) is 2.05. The first-order valence-electron chi connectivity index (χ1n) is 6.38. The average molecular weight is 351 g/mol. The average Bonchev–Trinajstić information content (AvgIpc) is 2.83. The fourth-order valence-corrected chi connectivity index (χ4v) is 2.75. The summed E-state index contributed by atoms with van der Waals surface area (Å²) in [7, 11) is 0. The maximum atomic E-state index is 6.47. The van der Waals surface area contributed by atoms with Gasteiger partial charge in [-0.1, -0.05) is 40.2 Å². The fraction of sp³-hybridized carbons (Fsp3) is 0.188. The van der Waals surface area contributed by atoms with Gasteiger partial charge in [0.1, 0.15) is 5.52 Å². The Balaban J connectivity index is 1.84. The van der Waals surface area contributed by atoms with Crippen molar-refractivity contribution >= 4 is 38.6 Å². The molecule has 0 aliphatic carbocycles. The standard InChI is InChI=1S/C16H13BrClNO/c1-10-6-7-11(8-12(10)17)13(18)9-16-19-14-4-2-3-5-15(14)20-16/h2-8,13H,9H2,1H3. The van der Waals surface area contributed by atoms with E-state index in [9.17, 15) is 0 Å². The van der Waals surface area contributed by atoms with Crippen LogP contribution in [0.25, 0.3) is 11.1 Å². The van der Waals surface area contributed by atoms with E-state index in [-0.39, 0.29) is 5.38 Å². The van der Waals surface area contributed by atoms with Crippen molar-refractivity contribution in [3.63, 3.8) is 0 Å². The monoisotopic (exact) mass is 349 g/mol. The van der Waals surface area contributed by atoms with Crippen LogP contribution in [0.3, 0.4) is 0 Å². The molecule has 0 N–H and O–H groups in total. The minimum absolute atomic E-state index is 0.153. The van der Waals surface area contributed by atoms with Gasteiger partial charge in [-0.05, 0) is 36.2 Å². The third kappa shape index (κ3) is 2.74. The molecule has 0 saturated carbocycles. The van der Waals surface area contributed by atoms with E-state index in [1.54, 1.807) is 0 Å². The summed E-state index contributed by atoms with van der Waals surface area (Å²) >= 11 is 10.0. The number of para-hydroxylation sites is 2. The molecule has 1 heterocycles. The lowest BCUT2D eigenvalue weighted by Gasteiger charge is -2.09. The van der Waals surface area contributed by atoms with E-state index in [0.717, 1.165) is 21.1 Å². The Morgan fingerprint density at radius 3 is 2.80 bits per heavy atom. The number of nitrogens with zero attached hydrogens (tertiary/aromatic N) is 1. The highest BCUT2D eigenvalue weighted by molar-refractivity contribution is 9.10. The van der Waals surface area contributed by atoms with Crippen molar-refractivity contribution in [1.82, 2.24) is 4.98 Å². The van der Waals surface area contributed by atoms with Crippen LogP contribution in [0, 0.1) is 6.92 Å². The Morgan fingerprint density at radius 1 is 1.25 bits per heavy atom. The summed E-state index contributed by atoms with van der Waals surface area (Å²) in [5, 5.41) is -0.153. The molecule has 0 fully saturated rings. The van der Waals surface area contributed by atoms with Gasteiger partial charge in [-0.3, -0.25) is 0 Å². The summed E-state index contributed by atoms with van der Waals surface area (Å²) in [4.78, 5) is 4.46. The fourth-order valence-electron chi connectivity index (χ4n) is 2.08. The zero-order valence-electron chi connectivity index (χ0n) is 10.9. The number of rotatable bonds is 3. The van der Waals surface area contributed by atoms with Crippen LogP contribution in [0.15, 0.2) is 51.4 Å². The van der Waals surface area contributed by atoms with Crippen molar-refractivity contribution in [2.24, 2.45) is 0 Å². The number of oxazole rings is 1. The molecule has 4 heteroatoms. The molecule has 1 unspecified atom stereocenters. The van der Waals surface area contributed by atoms with Crippen LogP contribution in [0.5, 0.6) is 0 Å². The van der Waals surface area contributed by atoms with Gasteiger partial charge in [-0.25, -0.2) is 4.98 Å². The number of fused-ring (bicyclic) bond motifs is 1. The van der Waals surface area contributed by atoms with Gasteiger partial charge in [0, 0.05) is 10.9 Å². The predicted octanol–water partition coefficient (Wildman–Crippen LogP) is 5.42. The van der Waals surface area contributed by atoms with Gasteiger partial charge in [0.25, 0.3) is 0 Å². The van der Waals surface area contributed by atoms with E-state index < -0.39 is 0 Å². The first kappa shape index (κ1) is 13.7. The highest BCUT2D eigenvalue weighted by Crippen LogP contribution is 2.29. The van der Waals surface area contributed by atoms with Crippen LogP contribution >= 0.6 is 27.5 Å². The summed E-state index contributed by atoms with van der Waals surface area (Å²) < 4.78 is 6.77. The third-order valence-corrected chi connectivity index (χ3v) is 4.51. The highest BCUT2D eigenvalue weighted by Gasteiger charge is 2.14. The number of hydrogen-bond donors (Lipinski definition) is 0. The third-order valence-electron chi connectivity index (χ3n) is 3.25. The second kappa shape index (κ2) is 5.58. The Bertz CT molecular complexity index is 720. The Morgan fingerprint density at radius 2 is 2.05 bits per heavy atom. The minimum atomic E-state index is -0.153. The van der Waals surface area contributed by atoms with Crippen molar-refractivity contribution in [2.75, 3.05) is 0 Å². The highest BCUT2D eigenvalue weighted by atomic mass is 79.9. The predicted molar refractivity (Wildman–Crippen MR) is 85.2 cm³/mol. The molecule has 2 nitrogen and oxygen atoms in total. The maximum absolute atomic E-state index is 6.47. The number of benzene rings is 2. The SMILES string of the molecule is Cc1ccc(C(Cl)Cc2nc3ccccc3o2)cc1Br. The zero-order chi connectivity index (χ0) is 14.1. The lowest BCUT2D eigenvalue weighted by Crippen LogP contribution is -1.96. The summed E-state index contributed by atoms with van der Waals surface area (Å²) in [6, 6.07) is 13.9. The summed E-state index contributed by atoms with van der Waals surface area (Å²) in [5.41, 5.74) is 3.93. The lowest BCUT2D eigenvalue weighted by atomic mass is 10.1. The van der Waals surface area contributed by atoms with E-state index in [1.165, 1.54) is 5.56 Å². The molecule has 0 spiro atoms. The van der Waals surface area contributed by atoms with Crippen LogP contribution < -0.4 is 0 Å². The smallest absolute Gasteiger partial charge is 0.197 e. The van der Waals surface area contributed by atoms with Gasteiger partial charge >= 0.3 is 0 Å². The van der Waals surface area contributed by atoms with E-state index >= 15 is 0 Å². The zero-order valence-corrected chi connectivity index (χ0v) is 13.3. The molecule has 0 aliphatic rings. The van der Waals surface area contributed by atoms with Crippen molar-refractivity contribution < 1.29 is 4.42 Å². The molecular formula is C16H13BrClNO.